The van der Waals surface area contributed by atoms with E-state index in [1.54, 1.807) is 11.1 Å². The van der Waals surface area contributed by atoms with Crippen LogP contribution >= 0.6 is 0 Å². The summed E-state index contributed by atoms with van der Waals surface area (Å²) in [5, 5.41) is 0. The third-order valence-corrected chi connectivity index (χ3v) is 19.5. The molecule has 6 aliphatic carbocycles. The lowest BCUT2D eigenvalue weighted by atomic mass is 9.24. The molecule has 0 aliphatic heterocycles. The number of benzene rings is 2. The Hall–Kier alpha value is -3.90. The summed E-state index contributed by atoms with van der Waals surface area (Å²) in [5.74, 6) is 0.290. The van der Waals surface area contributed by atoms with E-state index in [4.69, 9.17) is 0 Å². The molecule has 0 saturated heterocycles. The van der Waals surface area contributed by atoms with Crippen molar-refractivity contribution in [2.75, 3.05) is 0 Å². The van der Waals surface area contributed by atoms with Gasteiger partial charge in [-0.05, 0) is 103 Å². The van der Waals surface area contributed by atoms with Crippen molar-refractivity contribution in [1.82, 2.24) is 0 Å². The summed E-state index contributed by atoms with van der Waals surface area (Å²) in [7, 11) is 0. The first-order valence-corrected chi connectivity index (χ1v) is 23.6. The normalized spacial score (nSPS) is 36.8. The van der Waals surface area contributed by atoms with E-state index in [-0.39, 0.29) is 60.1 Å². The number of hydrogen-bond donors (Lipinski definition) is 0. The molecule has 0 radical (unpaired) electrons. The van der Waals surface area contributed by atoms with Crippen molar-refractivity contribution in [2.24, 2.45) is 49.2 Å². The summed E-state index contributed by atoms with van der Waals surface area (Å²) < 4.78 is 0. The topological polar surface area (TPSA) is 0 Å². The molecule has 0 N–H and O–H groups in total. The molecule has 2 fully saturated rings. The van der Waals surface area contributed by atoms with E-state index in [9.17, 15) is 0 Å². The van der Waals surface area contributed by atoms with Gasteiger partial charge in [-0.1, -0.05) is 238 Å². The second kappa shape index (κ2) is 13.1. The zero-order chi connectivity index (χ0) is 44.9. The molecule has 8 atom stereocenters. The Bertz CT molecular complexity index is 2430. The molecule has 0 amide bonds. The van der Waals surface area contributed by atoms with Crippen LogP contribution in [0.15, 0.2) is 148 Å². The summed E-state index contributed by atoms with van der Waals surface area (Å²) in [6, 6.07) is 19.2. The molecule has 0 bridgehead atoms. The van der Waals surface area contributed by atoms with Crippen molar-refractivity contribution in [3.05, 3.63) is 171 Å². The lowest BCUT2D eigenvalue weighted by molar-refractivity contribution is -0.261. The van der Waals surface area contributed by atoms with Gasteiger partial charge in [0.05, 0.1) is 0 Å². The van der Waals surface area contributed by atoms with Gasteiger partial charge in [0.15, 0.2) is 0 Å². The molecule has 2 aromatic carbocycles. The van der Waals surface area contributed by atoms with Crippen LogP contribution in [-0.4, -0.2) is 0 Å². The molecular weight excluding hydrogens is 733 g/mol. The van der Waals surface area contributed by atoms with Crippen molar-refractivity contribution in [3.63, 3.8) is 0 Å². The predicted octanol–water partition coefficient (Wildman–Crippen LogP) is 17.0. The first kappa shape index (κ1) is 43.7. The SMILES string of the molecule is CC1=C(C2=C(C)C3(C)C(=CC2=C(c2ccc(C(C)(C)C)cc2)c2ccc(C(C)(C)C)cc2)CC2(C)C4(C)C=CC=CC4(C)C4(C)C=CC=CC4(C)C32C)C(C)C=C1C(C)(C)C. The van der Waals surface area contributed by atoms with Crippen LogP contribution < -0.4 is 0 Å². The lowest BCUT2D eigenvalue weighted by Gasteiger charge is -2.79. The van der Waals surface area contributed by atoms with Crippen LogP contribution in [0.1, 0.15) is 160 Å². The minimum absolute atomic E-state index is 0.0437. The van der Waals surface area contributed by atoms with Crippen molar-refractivity contribution < 1.29 is 0 Å². The van der Waals surface area contributed by atoms with Crippen LogP contribution in [0, 0.1) is 49.2 Å². The molecule has 0 spiro atoms. The third kappa shape index (κ3) is 5.29. The number of allylic oxidation sites excluding steroid dienone is 17. The van der Waals surface area contributed by atoms with E-state index in [2.05, 4.69) is 241 Å². The fourth-order valence-electron chi connectivity index (χ4n) is 14.9. The minimum Gasteiger partial charge on any atom is -0.0771 e. The first-order valence-electron chi connectivity index (χ1n) is 23.6. The Labute approximate surface area is 372 Å². The Morgan fingerprint density at radius 3 is 1.41 bits per heavy atom. The van der Waals surface area contributed by atoms with Gasteiger partial charge in [0.2, 0.25) is 0 Å². The highest BCUT2D eigenvalue weighted by Crippen LogP contribution is 2.90. The van der Waals surface area contributed by atoms with Gasteiger partial charge in [0, 0.05) is 33.0 Å². The maximum atomic E-state index is 2.76. The number of hydrogen-bond acceptors (Lipinski definition) is 0. The van der Waals surface area contributed by atoms with E-state index < -0.39 is 0 Å². The molecule has 0 heterocycles. The molecular formula is C61H78. The van der Waals surface area contributed by atoms with Gasteiger partial charge in [0.25, 0.3) is 0 Å². The molecule has 2 saturated carbocycles. The van der Waals surface area contributed by atoms with Crippen LogP contribution in [0.5, 0.6) is 0 Å². The van der Waals surface area contributed by atoms with Gasteiger partial charge in [-0.3, -0.25) is 0 Å². The Balaban J connectivity index is 1.54. The summed E-state index contributed by atoms with van der Waals surface area (Å²) >= 11 is 0. The number of rotatable bonds is 3. The van der Waals surface area contributed by atoms with Crippen molar-refractivity contribution in [1.29, 1.82) is 0 Å². The highest BCUT2D eigenvalue weighted by molar-refractivity contribution is 5.90. The second-order valence-corrected chi connectivity index (χ2v) is 24.8. The zero-order valence-corrected chi connectivity index (χ0v) is 41.7. The summed E-state index contributed by atoms with van der Waals surface area (Å²) in [6.45, 7) is 47.2. The zero-order valence-electron chi connectivity index (χ0n) is 41.7. The maximum Gasteiger partial charge on any atom is 0.0170 e. The highest BCUT2D eigenvalue weighted by Gasteiger charge is 2.84. The average Bonchev–Trinajstić information content (AvgIpc) is 3.58. The van der Waals surface area contributed by atoms with E-state index in [1.807, 2.05) is 0 Å². The van der Waals surface area contributed by atoms with E-state index in [1.165, 1.54) is 55.7 Å². The Morgan fingerprint density at radius 2 is 0.984 bits per heavy atom. The molecule has 0 nitrogen and oxygen atoms in total. The fraction of sp³-hybridized carbons (Fsp3) is 0.508. The Morgan fingerprint density at radius 1 is 0.557 bits per heavy atom. The van der Waals surface area contributed by atoms with Crippen molar-refractivity contribution >= 4 is 5.57 Å². The fourth-order valence-corrected chi connectivity index (χ4v) is 14.9. The highest BCUT2D eigenvalue weighted by atomic mass is 14.9. The lowest BCUT2D eigenvalue weighted by Crippen LogP contribution is -2.74. The summed E-state index contributed by atoms with van der Waals surface area (Å²) in [4.78, 5) is 0. The average molecular weight is 811 g/mol. The van der Waals surface area contributed by atoms with Crippen LogP contribution in [-0.2, 0) is 10.8 Å². The van der Waals surface area contributed by atoms with Crippen molar-refractivity contribution in [3.8, 4) is 0 Å². The standard InChI is InChI=1S/C61H78/c1-39-36-48(54(10,11)12)40(2)49(39)50-41(3)60(18)46(38-59(17)57(15)34-21-20-32-55(57,13)56(14)33-22-23-35-58(56,16)61(59,60)19)37-47(50)51(42-24-28-44(29-25-42)52(4,5)6)43-26-30-45(31-27-43)53(7,8)9/h20-37,39H,38H2,1-19H3. The van der Waals surface area contributed by atoms with E-state index >= 15 is 0 Å². The van der Waals surface area contributed by atoms with Gasteiger partial charge in [-0.25, -0.2) is 0 Å². The molecule has 0 heteroatoms. The predicted molar refractivity (Wildman–Crippen MR) is 264 cm³/mol. The van der Waals surface area contributed by atoms with E-state index in [0.717, 1.165) is 6.42 Å². The van der Waals surface area contributed by atoms with Crippen molar-refractivity contribution in [2.45, 2.75) is 149 Å². The smallest absolute Gasteiger partial charge is 0.0170 e. The monoisotopic (exact) mass is 811 g/mol. The first-order chi connectivity index (χ1) is 28.0. The van der Waals surface area contributed by atoms with Gasteiger partial charge in [0.1, 0.15) is 0 Å². The Kier molecular flexibility index (Phi) is 9.38. The molecule has 0 aromatic heterocycles. The van der Waals surface area contributed by atoms with Crippen LogP contribution in [0.25, 0.3) is 5.57 Å². The van der Waals surface area contributed by atoms with Crippen LogP contribution in [0.2, 0.25) is 0 Å². The molecule has 8 rings (SSSR count). The summed E-state index contributed by atoms with van der Waals surface area (Å²) in [5.41, 5.74) is 16.3. The third-order valence-electron chi connectivity index (χ3n) is 19.5. The molecule has 2 aromatic rings. The quantitative estimate of drug-likeness (QED) is 0.290. The van der Waals surface area contributed by atoms with Crippen LogP contribution in [0.4, 0.5) is 0 Å². The van der Waals surface area contributed by atoms with Gasteiger partial charge in [-0.15, -0.1) is 0 Å². The minimum atomic E-state index is -0.236. The second-order valence-electron chi connectivity index (χ2n) is 24.8. The van der Waals surface area contributed by atoms with Crippen LogP contribution in [0.3, 0.4) is 0 Å². The molecule has 61 heavy (non-hydrogen) atoms. The molecule has 8 unspecified atom stereocenters. The van der Waals surface area contributed by atoms with Gasteiger partial charge < -0.3 is 0 Å². The molecule has 322 valence electrons. The largest absolute Gasteiger partial charge is 0.0771 e. The van der Waals surface area contributed by atoms with Gasteiger partial charge in [-0.2, -0.15) is 0 Å². The van der Waals surface area contributed by atoms with E-state index in [0.29, 0.717) is 0 Å². The maximum absolute atomic E-state index is 2.76. The summed E-state index contributed by atoms with van der Waals surface area (Å²) in [6.07, 6.45) is 26.3. The van der Waals surface area contributed by atoms with Gasteiger partial charge >= 0.3 is 0 Å². The molecule has 6 aliphatic rings. The number of fused-ring (bicyclic) bond motifs is 8.